The highest BCUT2D eigenvalue weighted by molar-refractivity contribution is 7.81. The van der Waals surface area contributed by atoms with Crippen molar-refractivity contribution < 1.29 is 5.11 Å². The van der Waals surface area contributed by atoms with Crippen molar-refractivity contribution in [2.75, 3.05) is 0 Å². The second-order valence-corrected chi connectivity index (χ2v) is 6.35. The summed E-state index contributed by atoms with van der Waals surface area (Å²) in [7, 11) is 0. The van der Waals surface area contributed by atoms with Crippen LogP contribution < -0.4 is 0 Å². The molecule has 4 aromatic carbocycles. The first kappa shape index (κ1) is 12.5. The molecule has 4 rings (SSSR count). The highest BCUT2D eigenvalue weighted by atomic mass is 32.1. The number of hydrogen-bond donors (Lipinski definition) is 4. The lowest BCUT2D eigenvalue weighted by molar-refractivity contribution is 0.480. The first-order valence-electron chi connectivity index (χ1n) is 6.12. The fourth-order valence-corrected chi connectivity index (χ4v) is 3.96. The molecular weight excluding hydrogens is 304 g/mol. The molecule has 0 aromatic heterocycles. The Labute approximate surface area is 132 Å². The number of rotatable bonds is 0. The highest BCUT2D eigenvalue weighted by Crippen LogP contribution is 2.43. The van der Waals surface area contributed by atoms with Crippen molar-refractivity contribution >= 4 is 70.2 Å². The topological polar surface area (TPSA) is 20.2 Å². The van der Waals surface area contributed by atoms with Gasteiger partial charge >= 0.3 is 0 Å². The van der Waals surface area contributed by atoms with Gasteiger partial charge in [0.15, 0.2) is 0 Å². The fourth-order valence-electron chi connectivity index (χ4n) is 2.92. The van der Waals surface area contributed by atoms with E-state index in [0.29, 0.717) is 0 Å². The van der Waals surface area contributed by atoms with Crippen LogP contribution in [0.15, 0.2) is 51.1 Å². The van der Waals surface area contributed by atoms with Crippen LogP contribution in [0.4, 0.5) is 0 Å². The molecule has 20 heavy (non-hydrogen) atoms. The van der Waals surface area contributed by atoms with Crippen LogP contribution in [0.5, 0.6) is 5.75 Å². The van der Waals surface area contributed by atoms with E-state index >= 15 is 0 Å². The van der Waals surface area contributed by atoms with E-state index in [0.717, 1.165) is 47.0 Å². The summed E-state index contributed by atoms with van der Waals surface area (Å²) in [6.45, 7) is 0. The summed E-state index contributed by atoms with van der Waals surface area (Å²) in [5.74, 6) is 0.252. The Balaban J connectivity index is 2.47. The molecular formula is C16H10OS3. The molecule has 0 saturated carbocycles. The summed E-state index contributed by atoms with van der Waals surface area (Å²) < 4.78 is 0. The third-order valence-corrected chi connectivity index (χ3v) is 4.92. The fraction of sp³-hybridized carbons (Fsp3) is 0. The summed E-state index contributed by atoms with van der Waals surface area (Å²) in [6, 6.07) is 11.7. The minimum Gasteiger partial charge on any atom is -0.507 e. The van der Waals surface area contributed by atoms with Crippen molar-refractivity contribution in [3.63, 3.8) is 0 Å². The van der Waals surface area contributed by atoms with Gasteiger partial charge in [0, 0.05) is 25.5 Å². The third kappa shape index (κ3) is 1.50. The van der Waals surface area contributed by atoms with Gasteiger partial charge in [0.05, 0.1) is 0 Å². The van der Waals surface area contributed by atoms with Gasteiger partial charge in [-0.1, -0.05) is 18.2 Å². The number of benzene rings is 4. The van der Waals surface area contributed by atoms with E-state index in [9.17, 15) is 5.11 Å². The standard InChI is InChI=1S/C16H10OS3/c17-11-5-12(18)8-3-4-10-14(20)6-13(19)9-2-1-7(11)15(8)16(9)10/h1-6,17-20H. The van der Waals surface area contributed by atoms with Crippen molar-refractivity contribution in [3.05, 3.63) is 36.4 Å². The summed E-state index contributed by atoms with van der Waals surface area (Å²) in [4.78, 5) is 2.55. The van der Waals surface area contributed by atoms with Gasteiger partial charge in [0.2, 0.25) is 0 Å². The van der Waals surface area contributed by atoms with Gasteiger partial charge in [-0.25, -0.2) is 0 Å². The van der Waals surface area contributed by atoms with E-state index in [-0.39, 0.29) is 5.75 Å². The van der Waals surface area contributed by atoms with Crippen molar-refractivity contribution in [2.24, 2.45) is 0 Å². The number of hydrogen-bond acceptors (Lipinski definition) is 4. The van der Waals surface area contributed by atoms with Crippen LogP contribution in [-0.2, 0) is 0 Å². The molecule has 4 heteroatoms. The van der Waals surface area contributed by atoms with E-state index < -0.39 is 0 Å². The second-order valence-electron chi connectivity index (χ2n) is 4.90. The summed E-state index contributed by atoms with van der Waals surface area (Å²) in [6.07, 6.45) is 0. The zero-order chi connectivity index (χ0) is 14.0. The number of thiol groups is 3. The Morgan fingerprint density at radius 2 is 1.00 bits per heavy atom. The molecule has 0 unspecified atom stereocenters. The third-order valence-electron chi connectivity index (χ3n) is 3.81. The Morgan fingerprint density at radius 1 is 0.600 bits per heavy atom. The van der Waals surface area contributed by atoms with Gasteiger partial charge in [-0.3, -0.25) is 0 Å². The predicted octanol–water partition coefficient (Wildman–Crippen LogP) is 5.16. The van der Waals surface area contributed by atoms with Crippen LogP contribution in [0, 0.1) is 0 Å². The summed E-state index contributed by atoms with van der Waals surface area (Å²) >= 11 is 13.6. The molecule has 0 atom stereocenters. The molecule has 0 saturated heterocycles. The Morgan fingerprint density at radius 3 is 1.55 bits per heavy atom. The number of phenolic OH excluding ortho intramolecular Hbond substituents is 1. The Bertz CT molecular complexity index is 838. The molecule has 0 bridgehead atoms. The largest absolute Gasteiger partial charge is 0.507 e. The molecule has 4 aromatic rings. The van der Waals surface area contributed by atoms with E-state index in [1.807, 2.05) is 24.3 Å². The zero-order valence-electron chi connectivity index (χ0n) is 10.3. The smallest absolute Gasteiger partial charge is 0.124 e. The van der Waals surface area contributed by atoms with Crippen molar-refractivity contribution in [1.29, 1.82) is 0 Å². The predicted molar refractivity (Wildman–Crippen MR) is 93.6 cm³/mol. The van der Waals surface area contributed by atoms with Gasteiger partial charge < -0.3 is 5.11 Å². The Hall–Kier alpha value is -1.23. The minimum absolute atomic E-state index is 0.252. The van der Waals surface area contributed by atoms with Gasteiger partial charge in [0.25, 0.3) is 0 Å². The van der Waals surface area contributed by atoms with Crippen LogP contribution in [-0.4, -0.2) is 5.11 Å². The lowest BCUT2D eigenvalue weighted by atomic mass is 9.94. The normalized spacial score (nSPS) is 11.9. The van der Waals surface area contributed by atoms with Gasteiger partial charge in [0.1, 0.15) is 5.75 Å². The maximum atomic E-state index is 10.2. The average Bonchev–Trinajstić information content (AvgIpc) is 2.42. The zero-order valence-corrected chi connectivity index (χ0v) is 12.9. The van der Waals surface area contributed by atoms with E-state index in [4.69, 9.17) is 0 Å². The number of phenols is 1. The van der Waals surface area contributed by atoms with Gasteiger partial charge in [-0.2, -0.15) is 0 Å². The van der Waals surface area contributed by atoms with Crippen LogP contribution in [0.1, 0.15) is 0 Å². The van der Waals surface area contributed by atoms with Gasteiger partial charge in [-0.15, -0.1) is 37.9 Å². The minimum atomic E-state index is 0.252. The van der Waals surface area contributed by atoms with E-state index in [1.165, 1.54) is 0 Å². The molecule has 0 aliphatic carbocycles. The summed E-state index contributed by atoms with van der Waals surface area (Å²) in [5.41, 5.74) is 0. The Kier molecular flexibility index (Phi) is 2.58. The van der Waals surface area contributed by atoms with Crippen molar-refractivity contribution in [2.45, 2.75) is 14.7 Å². The van der Waals surface area contributed by atoms with Gasteiger partial charge in [-0.05, 0) is 39.7 Å². The lowest BCUT2D eigenvalue weighted by Gasteiger charge is -2.15. The molecule has 0 amide bonds. The maximum absolute atomic E-state index is 10.2. The SMILES string of the molecule is Oc1cc(S)c2ccc3c(S)cc(S)c4ccc1c2c43. The molecule has 0 fully saturated rings. The first-order chi connectivity index (χ1) is 9.58. The van der Waals surface area contributed by atoms with Crippen molar-refractivity contribution in [1.82, 2.24) is 0 Å². The monoisotopic (exact) mass is 314 g/mol. The highest BCUT2D eigenvalue weighted by Gasteiger charge is 2.15. The number of aromatic hydroxyl groups is 1. The van der Waals surface area contributed by atoms with Crippen LogP contribution in [0.3, 0.4) is 0 Å². The van der Waals surface area contributed by atoms with E-state index in [2.05, 4.69) is 44.0 Å². The molecule has 98 valence electrons. The molecule has 1 N–H and O–H groups in total. The molecule has 0 aliphatic rings. The van der Waals surface area contributed by atoms with Crippen molar-refractivity contribution in [3.8, 4) is 5.75 Å². The molecule has 1 nitrogen and oxygen atoms in total. The molecule has 0 spiro atoms. The van der Waals surface area contributed by atoms with Crippen LogP contribution >= 0.6 is 37.9 Å². The maximum Gasteiger partial charge on any atom is 0.124 e. The second kappa shape index (κ2) is 4.13. The average molecular weight is 314 g/mol. The van der Waals surface area contributed by atoms with Crippen LogP contribution in [0.25, 0.3) is 32.3 Å². The lowest BCUT2D eigenvalue weighted by Crippen LogP contribution is -1.87. The molecule has 0 heterocycles. The molecule has 0 radical (unpaired) electrons. The summed E-state index contributed by atoms with van der Waals surface area (Å²) in [5, 5.41) is 16.3. The quantitative estimate of drug-likeness (QED) is 0.261. The first-order valence-corrected chi connectivity index (χ1v) is 7.46. The van der Waals surface area contributed by atoms with Crippen LogP contribution in [0.2, 0.25) is 0 Å². The van der Waals surface area contributed by atoms with E-state index in [1.54, 1.807) is 6.07 Å². The molecule has 0 aliphatic heterocycles.